The first-order valence-corrected chi connectivity index (χ1v) is 4.62. The third-order valence-electron chi connectivity index (χ3n) is 1.27. The number of benzene rings is 1. The second-order valence-corrected chi connectivity index (χ2v) is 4.09. The number of hydrogen-bond donors (Lipinski definition) is 1. The van der Waals surface area contributed by atoms with Crippen molar-refractivity contribution in [3.63, 3.8) is 0 Å². The average molecular weight is 260 g/mol. The molecule has 0 saturated heterocycles. The summed E-state index contributed by atoms with van der Waals surface area (Å²) in [5.41, 5.74) is 0.847. The SMILES string of the molecule is Cc1cc(Cl)c[c]([Sn])c1O. The monoisotopic (exact) mass is 261 g/mol. The van der Waals surface area contributed by atoms with Gasteiger partial charge < -0.3 is 0 Å². The fourth-order valence-electron chi connectivity index (χ4n) is 0.736. The molecule has 0 bridgehead atoms. The van der Waals surface area contributed by atoms with E-state index in [0.29, 0.717) is 10.8 Å². The van der Waals surface area contributed by atoms with E-state index in [-0.39, 0.29) is 0 Å². The summed E-state index contributed by atoms with van der Waals surface area (Å²) in [6.45, 7) is 1.84. The van der Waals surface area contributed by atoms with Crippen LogP contribution in [-0.2, 0) is 0 Å². The second kappa shape index (κ2) is 3.01. The van der Waals surface area contributed by atoms with E-state index >= 15 is 0 Å². The molecule has 1 N–H and O–H groups in total. The Hall–Kier alpha value is 0.109. The average Bonchev–Trinajstić information content (AvgIpc) is 1.82. The zero-order valence-electron chi connectivity index (χ0n) is 5.48. The summed E-state index contributed by atoms with van der Waals surface area (Å²) < 4.78 is 0.914. The Morgan fingerprint density at radius 1 is 1.50 bits per heavy atom. The first-order chi connectivity index (χ1) is 4.61. The molecule has 1 aromatic carbocycles. The summed E-state index contributed by atoms with van der Waals surface area (Å²) in [5, 5.41) is 9.99. The topological polar surface area (TPSA) is 20.2 Å². The van der Waals surface area contributed by atoms with Crippen molar-refractivity contribution >= 4 is 37.7 Å². The summed E-state index contributed by atoms with van der Waals surface area (Å²) in [6, 6.07) is 3.53. The molecule has 0 unspecified atom stereocenters. The molecule has 3 heteroatoms. The molecule has 1 aromatic rings. The number of hydrogen-bond acceptors (Lipinski definition) is 1. The van der Waals surface area contributed by atoms with E-state index in [4.69, 9.17) is 11.6 Å². The molecule has 0 fully saturated rings. The van der Waals surface area contributed by atoms with Gasteiger partial charge in [0.1, 0.15) is 0 Å². The van der Waals surface area contributed by atoms with Crippen LogP contribution in [0.5, 0.6) is 5.75 Å². The van der Waals surface area contributed by atoms with Gasteiger partial charge in [-0.05, 0) is 0 Å². The normalized spacial score (nSPS) is 9.90. The molecular weight excluding hydrogens is 254 g/mol. The third kappa shape index (κ3) is 1.58. The summed E-state index contributed by atoms with van der Waals surface area (Å²) >= 11 is 6.91. The van der Waals surface area contributed by atoms with Crippen LogP contribution in [-0.4, -0.2) is 27.6 Å². The number of aryl methyl sites for hydroxylation is 1. The number of halogens is 1. The van der Waals surface area contributed by atoms with Crippen LogP contribution in [0.4, 0.5) is 0 Å². The van der Waals surface area contributed by atoms with Crippen molar-refractivity contribution in [2.24, 2.45) is 0 Å². The Labute approximate surface area is 78.1 Å². The molecule has 1 rings (SSSR count). The van der Waals surface area contributed by atoms with E-state index < -0.39 is 0 Å². The molecule has 0 saturated carbocycles. The van der Waals surface area contributed by atoms with E-state index in [9.17, 15) is 5.11 Å². The van der Waals surface area contributed by atoms with Gasteiger partial charge in [0.2, 0.25) is 0 Å². The van der Waals surface area contributed by atoms with Crippen molar-refractivity contribution in [2.45, 2.75) is 6.92 Å². The van der Waals surface area contributed by atoms with E-state index in [1.807, 2.05) is 6.92 Å². The van der Waals surface area contributed by atoms with Gasteiger partial charge in [0, 0.05) is 0 Å². The molecule has 0 aromatic heterocycles. The standard InChI is InChI=1S/C7H6ClO.Sn/c1-5-4-6(8)2-3-7(5)9;/h2,4,9H,1H3;. The second-order valence-electron chi connectivity index (χ2n) is 2.12. The molecule has 51 valence electrons. The van der Waals surface area contributed by atoms with Crippen LogP contribution in [0.15, 0.2) is 12.1 Å². The predicted molar refractivity (Wildman–Crippen MR) is 43.2 cm³/mol. The van der Waals surface area contributed by atoms with Gasteiger partial charge in [0.25, 0.3) is 0 Å². The maximum atomic E-state index is 9.29. The van der Waals surface area contributed by atoms with Crippen LogP contribution in [0.25, 0.3) is 0 Å². The van der Waals surface area contributed by atoms with Gasteiger partial charge in [-0.25, -0.2) is 0 Å². The van der Waals surface area contributed by atoms with Gasteiger partial charge in [-0.3, -0.25) is 0 Å². The predicted octanol–water partition coefficient (Wildman–Crippen LogP) is 1.15. The summed E-state index contributed by atoms with van der Waals surface area (Å²) in [7, 11) is 0. The molecule has 1 nitrogen and oxygen atoms in total. The van der Waals surface area contributed by atoms with Gasteiger partial charge in [-0.15, -0.1) is 0 Å². The molecule has 0 atom stereocenters. The summed E-state index contributed by atoms with van der Waals surface area (Å²) in [6.07, 6.45) is 0. The minimum absolute atomic E-state index is 0.377. The quantitative estimate of drug-likeness (QED) is 0.694. The third-order valence-corrected chi connectivity index (χ3v) is 2.57. The Bertz CT molecular complexity index is 237. The van der Waals surface area contributed by atoms with Gasteiger partial charge in [-0.2, -0.15) is 0 Å². The van der Waals surface area contributed by atoms with Crippen LogP contribution in [0.1, 0.15) is 5.56 Å². The Morgan fingerprint density at radius 3 is 2.60 bits per heavy atom. The van der Waals surface area contributed by atoms with E-state index in [0.717, 1.165) is 9.14 Å². The molecule has 0 aliphatic rings. The first-order valence-electron chi connectivity index (χ1n) is 2.82. The fraction of sp³-hybridized carbons (Fsp3) is 0.143. The van der Waals surface area contributed by atoms with Crippen molar-refractivity contribution in [2.75, 3.05) is 0 Å². The molecule has 0 spiro atoms. The van der Waals surface area contributed by atoms with Crippen LogP contribution < -0.4 is 3.58 Å². The first kappa shape index (κ1) is 8.21. The summed E-state index contributed by atoms with van der Waals surface area (Å²) in [5.74, 6) is 0.377. The number of aromatic hydroxyl groups is 1. The molecular formula is C7H6ClOSn. The molecule has 0 aliphatic carbocycles. The Morgan fingerprint density at radius 2 is 2.10 bits per heavy atom. The Balaban J connectivity index is 3.31. The zero-order valence-corrected chi connectivity index (χ0v) is 9.09. The van der Waals surface area contributed by atoms with Crippen molar-refractivity contribution < 1.29 is 5.11 Å². The van der Waals surface area contributed by atoms with Gasteiger partial charge in [-0.1, -0.05) is 0 Å². The van der Waals surface area contributed by atoms with Gasteiger partial charge >= 0.3 is 78.2 Å². The van der Waals surface area contributed by atoms with Crippen LogP contribution >= 0.6 is 11.6 Å². The summed E-state index contributed by atoms with van der Waals surface area (Å²) in [4.78, 5) is 0. The number of phenolic OH excluding ortho intramolecular Hbond substituents is 1. The van der Waals surface area contributed by atoms with Crippen LogP contribution in [0, 0.1) is 6.92 Å². The van der Waals surface area contributed by atoms with Crippen LogP contribution in [0.2, 0.25) is 5.02 Å². The van der Waals surface area contributed by atoms with Crippen molar-refractivity contribution in [3.05, 3.63) is 22.7 Å². The number of phenols is 1. The van der Waals surface area contributed by atoms with E-state index in [1.165, 1.54) is 22.5 Å². The van der Waals surface area contributed by atoms with Gasteiger partial charge in [0.15, 0.2) is 0 Å². The van der Waals surface area contributed by atoms with Crippen LogP contribution in [0.3, 0.4) is 0 Å². The molecule has 10 heavy (non-hydrogen) atoms. The number of rotatable bonds is 0. The van der Waals surface area contributed by atoms with Crippen molar-refractivity contribution in [1.82, 2.24) is 0 Å². The molecule has 3 radical (unpaired) electrons. The molecule has 0 amide bonds. The Kier molecular flexibility index (Phi) is 2.47. The zero-order chi connectivity index (χ0) is 7.72. The fourth-order valence-corrected chi connectivity index (χ4v) is 2.28. The molecule has 0 aliphatic heterocycles. The van der Waals surface area contributed by atoms with Crippen molar-refractivity contribution in [3.8, 4) is 5.75 Å². The van der Waals surface area contributed by atoms with Crippen molar-refractivity contribution in [1.29, 1.82) is 0 Å². The van der Waals surface area contributed by atoms with E-state index in [1.54, 1.807) is 12.1 Å². The molecule has 0 heterocycles. The minimum atomic E-state index is 0.377. The van der Waals surface area contributed by atoms with Gasteiger partial charge in [0.05, 0.1) is 0 Å². The maximum absolute atomic E-state index is 9.29. The van der Waals surface area contributed by atoms with E-state index in [2.05, 4.69) is 0 Å².